The SMILES string of the molecule is COc1ccccc1NC(=O)c1cc(-c2ccco2)nc2c1c(C)nn2C1CCS(=O)(=O)C1. The number of benzene rings is 1. The molecule has 5 rings (SSSR count). The summed E-state index contributed by atoms with van der Waals surface area (Å²) in [6.07, 6.45) is 1.98. The van der Waals surface area contributed by atoms with Crippen molar-refractivity contribution in [2.45, 2.75) is 19.4 Å². The summed E-state index contributed by atoms with van der Waals surface area (Å²) in [5.74, 6) is 0.774. The number of ether oxygens (including phenoxy) is 1. The van der Waals surface area contributed by atoms with Gasteiger partial charge in [-0.2, -0.15) is 5.10 Å². The summed E-state index contributed by atoms with van der Waals surface area (Å²) >= 11 is 0. The molecule has 0 saturated carbocycles. The van der Waals surface area contributed by atoms with Gasteiger partial charge in [0.25, 0.3) is 5.91 Å². The number of methoxy groups -OCH3 is 1. The lowest BCUT2D eigenvalue weighted by atomic mass is 10.1. The highest BCUT2D eigenvalue weighted by molar-refractivity contribution is 7.91. The van der Waals surface area contributed by atoms with Gasteiger partial charge in [0.2, 0.25) is 0 Å². The zero-order valence-electron chi connectivity index (χ0n) is 18.1. The van der Waals surface area contributed by atoms with Gasteiger partial charge in [-0.15, -0.1) is 0 Å². The molecule has 1 fully saturated rings. The molecule has 33 heavy (non-hydrogen) atoms. The van der Waals surface area contributed by atoms with E-state index in [1.165, 1.54) is 13.4 Å². The van der Waals surface area contributed by atoms with E-state index in [-0.39, 0.29) is 23.5 Å². The number of hydrogen-bond donors (Lipinski definition) is 1. The topological polar surface area (TPSA) is 116 Å². The molecule has 0 aliphatic carbocycles. The Morgan fingerprint density at radius 3 is 2.76 bits per heavy atom. The van der Waals surface area contributed by atoms with Crippen molar-refractivity contribution in [1.82, 2.24) is 14.8 Å². The molecular formula is C23H22N4O5S. The van der Waals surface area contributed by atoms with Gasteiger partial charge in [-0.25, -0.2) is 18.1 Å². The number of carbonyl (C=O) groups excluding carboxylic acids is 1. The highest BCUT2D eigenvalue weighted by atomic mass is 32.2. The maximum absolute atomic E-state index is 13.4. The summed E-state index contributed by atoms with van der Waals surface area (Å²) in [6.45, 7) is 1.79. The van der Waals surface area contributed by atoms with Gasteiger partial charge < -0.3 is 14.5 Å². The third-order valence-corrected chi connectivity index (χ3v) is 7.51. The van der Waals surface area contributed by atoms with E-state index in [0.717, 1.165) is 0 Å². The second-order valence-corrected chi connectivity index (χ2v) is 10.2. The summed E-state index contributed by atoms with van der Waals surface area (Å²) in [5.41, 5.74) is 2.40. The van der Waals surface area contributed by atoms with Crippen molar-refractivity contribution in [3.05, 3.63) is 60.0 Å². The average molecular weight is 467 g/mol. The van der Waals surface area contributed by atoms with Gasteiger partial charge in [0.15, 0.2) is 21.2 Å². The van der Waals surface area contributed by atoms with Crippen molar-refractivity contribution in [3.8, 4) is 17.2 Å². The normalized spacial score (nSPS) is 17.3. The fourth-order valence-electron chi connectivity index (χ4n) is 4.20. The fourth-order valence-corrected chi connectivity index (χ4v) is 5.90. The summed E-state index contributed by atoms with van der Waals surface area (Å²) in [4.78, 5) is 18.2. The van der Waals surface area contributed by atoms with Crippen LogP contribution in [0, 0.1) is 6.92 Å². The van der Waals surface area contributed by atoms with Crippen LogP contribution in [0.15, 0.2) is 53.1 Å². The van der Waals surface area contributed by atoms with Crippen LogP contribution in [0.1, 0.15) is 28.5 Å². The Morgan fingerprint density at radius 1 is 1.24 bits per heavy atom. The van der Waals surface area contributed by atoms with Gasteiger partial charge in [-0.1, -0.05) is 12.1 Å². The maximum atomic E-state index is 13.4. The van der Waals surface area contributed by atoms with Crippen LogP contribution in [0.3, 0.4) is 0 Å². The molecule has 1 aliphatic heterocycles. The van der Waals surface area contributed by atoms with Gasteiger partial charge in [-0.3, -0.25) is 4.79 Å². The molecule has 170 valence electrons. The van der Waals surface area contributed by atoms with Crippen LogP contribution in [0.25, 0.3) is 22.5 Å². The number of sulfone groups is 1. The molecule has 3 aromatic heterocycles. The molecule has 1 N–H and O–H groups in total. The molecule has 1 unspecified atom stereocenters. The number of fused-ring (bicyclic) bond motifs is 1. The summed E-state index contributed by atoms with van der Waals surface area (Å²) in [5, 5.41) is 8.08. The van der Waals surface area contributed by atoms with E-state index in [4.69, 9.17) is 14.1 Å². The van der Waals surface area contributed by atoms with Crippen molar-refractivity contribution in [2.24, 2.45) is 0 Å². The van der Waals surface area contributed by atoms with Gasteiger partial charge in [0.05, 0.1) is 53.3 Å². The molecular weight excluding hydrogens is 444 g/mol. The predicted octanol–water partition coefficient (Wildman–Crippen LogP) is 3.62. The van der Waals surface area contributed by atoms with E-state index >= 15 is 0 Å². The van der Waals surface area contributed by atoms with E-state index < -0.39 is 9.84 Å². The van der Waals surface area contributed by atoms with E-state index in [2.05, 4.69) is 10.4 Å². The predicted molar refractivity (Wildman–Crippen MR) is 123 cm³/mol. The Hall–Kier alpha value is -3.66. The third-order valence-electron chi connectivity index (χ3n) is 5.76. The number of hydrogen-bond acceptors (Lipinski definition) is 7. The number of carbonyl (C=O) groups is 1. The minimum atomic E-state index is -3.13. The molecule has 1 amide bonds. The lowest BCUT2D eigenvalue weighted by molar-refractivity contribution is 0.102. The maximum Gasteiger partial charge on any atom is 0.256 e. The minimum absolute atomic E-state index is 0.00137. The lowest BCUT2D eigenvalue weighted by Crippen LogP contribution is -2.15. The van der Waals surface area contributed by atoms with Gasteiger partial charge in [0, 0.05) is 0 Å². The smallest absolute Gasteiger partial charge is 0.256 e. The monoisotopic (exact) mass is 466 g/mol. The van der Waals surface area contributed by atoms with Crippen LogP contribution in [-0.4, -0.2) is 47.7 Å². The number of pyridine rings is 1. The molecule has 4 aromatic rings. The molecule has 0 bridgehead atoms. The second kappa shape index (κ2) is 8.04. The van der Waals surface area contributed by atoms with E-state index in [0.29, 0.717) is 51.6 Å². The Balaban J connectivity index is 1.67. The van der Waals surface area contributed by atoms with Crippen LogP contribution in [0.5, 0.6) is 5.75 Å². The Morgan fingerprint density at radius 2 is 2.06 bits per heavy atom. The third kappa shape index (κ3) is 3.86. The zero-order chi connectivity index (χ0) is 23.2. The van der Waals surface area contributed by atoms with E-state index in [1.807, 2.05) is 6.07 Å². The first-order valence-corrected chi connectivity index (χ1v) is 12.3. The summed E-state index contributed by atoms with van der Waals surface area (Å²) in [6, 6.07) is 12.0. The molecule has 1 aliphatic rings. The number of aromatic nitrogens is 3. The number of nitrogens with zero attached hydrogens (tertiary/aromatic N) is 3. The molecule has 10 heteroatoms. The largest absolute Gasteiger partial charge is 0.495 e. The highest BCUT2D eigenvalue weighted by Gasteiger charge is 2.32. The van der Waals surface area contributed by atoms with Crippen molar-refractivity contribution < 1.29 is 22.4 Å². The van der Waals surface area contributed by atoms with Gasteiger partial charge >= 0.3 is 0 Å². The van der Waals surface area contributed by atoms with Gasteiger partial charge in [-0.05, 0) is 43.7 Å². The van der Waals surface area contributed by atoms with Crippen molar-refractivity contribution in [1.29, 1.82) is 0 Å². The number of aryl methyl sites for hydroxylation is 1. The average Bonchev–Trinajstić information content (AvgIpc) is 3.53. The first-order valence-electron chi connectivity index (χ1n) is 10.4. The standard InChI is InChI=1S/C23H22N4O5S/c1-14-21-16(23(28)25-17-6-3-4-7-19(17)31-2)12-18(20-8-5-10-32-20)24-22(21)27(26-14)15-9-11-33(29,30)13-15/h3-8,10,12,15H,9,11,13H2,1-2H3,(H,25,28). The first-order chi connectivity index (χ1) is 15.9. The van der Waals surface area contributed by atoms with Crippen molar-refractivity contribution >= 4 is 32.5 Å². The Bertz CT molecular complexity index is 1460. The number of rotatable bonds is 5. The highest BCUT2D eigenvalue weighted by Crippen LogP contribution is 2.33. The zero-order valence-corrected chi connectivity index (χ0v) is 18.9. The first kappa shape index (κ1) is 21.2. The van der Waals surface area contributed by atoms with E-state index in [9.17, 15) is 13.2 Å². The quantitative estimate of drug-likeness (QED) is 0.477. The number of furan rings is 1. The number of anilines is 1. The second-order valence-electron chi connectivity index (χ2n) is 7.97. The molecule has 1 aromatic carbocycles. The summed E-state index contributed by atoms with van der Waals surface area (Å²) in [7, 11) is -1.60. The molecule has 1 saturated heterocycles. The van der Waals surface area contributed by atoms with E-state index in [1.54, 1.807) is 48.0 Å². The molecule has 1 atom stereocenters. The number of para-hydroxylation sites is 2. The van der Waals surface area contributed by atoms with Crippen molar-refractivity contribution in [3.63, 3.8) is 0 Å². The molecule has 4 heterocycles. The number of amides is 1. The fraction of sp³-hybridized carbons (Fsp3) is 0.261. The van der Waals surface area contributed by atoms with Crippen LogP contribution < -0.4 is 10.1 Å². The Kier molecular flexibility index (Phi) is 5.16. The van der Waals surface area contributed by atoms with Crippen molar-refractivity contribution in [2.75, 3.05) is 23.9 Å². The van der Waals surface area contributed by atoms with Crippen LogP contribution in [-0.2, 0) is 9.84 Å². The Labute approximate surface area is 190 Å². The molecule has 0 spiro atoms. The van der Waals surface area contributed by atoms with Crippen LogP contribution in [0.4, 0.5) is 5.69 Å². The lowest BCUT2D eigenvalue weighted by Gasteiger charge is -2.13. The van der Waals surface area contributed by atoms with Crippen LogP contribution in [0.2, 0.25) is 0 Å². The number of nitrogens with one attached hydrogen (secondary N) is 1. The summed E-state index contributed by atoms with van der Waals surface area (Å²) < 4.78 is 36.7. The van der Waals surface area contributed by atoms with Crippen LogP contribution >= 0.6 is 0 Å². The van der Waals surface area contributed by atoms with Gasteiger partial charge in [0.1, 0.15) is 11.4 Å². The molecule has 0 radical (unpaired) electrons. The molecule has 9 nitrogen and oxygen atoms in total. The minimum Gasteiger partial charge on any atom is -0.495 e.